The topological polar surface area (TPSA) is 68.9 Å². The quantitative estimate of drug-likeness (QED) is 0.580. The number of anilines is 1. The van der Waals surface area contributed by atoms with E-state index in [4.69, 9.17) is 0 Å². The second-order valence-corrected chi connectivity index (χ2v) is 7.37. The minimum absolute atomic E-state index is 0.0349. The van der Waals surface area contributed by atoms with Gasteiger partial charge in [0.1, 0.15) is 6.54 Å². The molecule has 1 amide bonds. The van der Waals surface area contributed by atoms with Crippen molar-refractivity contribution in [2.45, 2.75) is 26.9 Å². The highest BCUT2D eigenvalue weighted by molar-refractivity contribution is 5.94. The van der Waals surface area contributed by atoms with Crippen molar-refractivity contribution in [3.05, 3.63) is 71.1 Å². The van der Waals surface area contributed by atoms with Crippen molar-refractivity contribution in [1.29, 1.82) is 0 Å². The third kappa shape index (κ3) is 3.53. The molecule has 0 radical (unpaired) electrons. The maximum Gasteiger partial charge on any atom is 0.246 e. The van der Waals surface area contributed by atoms with Gasteiger partial charge in [-0.2, -0.15) is 5.10 Å². The third-order valence-electron chi connectivity index (χ3n) is 4.67. The zero-order valence-electron chi connectivity index (χ0n) is 15.9. The van der Waals surface area contributed by atoms with Gasteiger partial charge in [-0.3, -0.25) is 14.3 Å². The number of hydrogen-bond acceptors (Lipinski definition) is 3. The molecule has 6 nitrogen and oxygen atoms in total. The standard InChI is InChI=1S/C22H22N4O2/c1-15(2)13-25-10-9-16-11-17(7-8-19(16)25)24-22(28)14-26-20-6-4-3-5-18(20)21(27)12-23-26/h3-12,15H,13-14H2,1-2H3,(H,24,28). The van der Waals surface area contributed by atoms with Crippen molar-refractivity contribution in [2.24, 2.45) is 5.92 Å². The first-order chi connectivity index (χ1) is 13.5. The molecule has 0 saturated heterocycles. The molecule has 6 heteroatoms. The predicted molar refractivity (Wildman–Crippen MR) is 111 cm³/mol. The van der Waals surface area contributed by atoms with Gasteiger partial charge < -0.3 is 9.88 Å². The summed E-state index contributed by atoms with van der Waals surface area (Å²) in [4.78, 5) is 24.5. The fourth-order valence-electron chi connectivity index (χ4n) is 3.45. The third-order valence-corrected chi connectivity index (χ3v) is 4.67. The molecule has 2 aromatic heterocycles. The molecule has 142 valence electrons. The van der Waals surface area contributed by atoms with Gasteiger partial charge in [-0.1, -0.05) is 26.0 Å². The molecule has 1 N–H and O–H groups in total. The number of amides is 1. The molecule has 0 aliphatic heterocycles. The molecule has 0 aliphatic rings. The number of benzene rings is 2. The van der Waals surface area contributed by atoms with Crippen LogP contribution in [-0.4, -0.2) is 20.3 Å². The van der Waals surface area contributed by atoms with Crippen LogP contribution >= 0.6 is 0 Å². The monoisotopic (exact) mass is 374 g/mol. The summed E-state index contributed by atoms with van der Waals surface area (Å²) < 4.78 is 3.77. The average molecular weight is 374 g/mol. The van der Waals surface area contributed by atoms with Crippen molar-refractivity contribution in [1.82, 2.24) is 14.3 Å². The van der Waals surface area contributed by atoms with E-state index in [1.54, 1.807) is 22.9 Å². The number of para-hydroxylation sites is 1. The second-order valence-electron chi connectivity index (χ2n) is 7.37. The van der Waals surface area contributed by atoms with Gasteiger partial charge in [-0.15, -0.1) is 0 Å². The van der Waals surface area contributed by atoms with E-state index in [9.17, 15) is 9.59 Å². The molecule has 0 bridgehead atoms. The van der Waals surface area contributed by atoms with Gasteiger partial charge in [-0.25, -0.2) is 0 Å². The number of rotatable bonds is 5. The maximum atomic E-state index is 12.5. The number of hydrogen-bond donors (Lipinski definition) is 1. The van der Waals surface area contributed by atoms with Crippen molar-refractivity contribution in [2.75, 3.05) is 5.32 Å². The van der Waals surface area contributed by atoms with Gasteiger partial charge >= 0.3 is 0 Å². The Morgan fingerprint density at radius 2 is 1.93 bits per heavy atom. The lowest BCUT2D eigenvalue weighted by Crippen LogP contribution is -2.22. The lowest BCUT2D eigenvalue weighted by Gasteiger charge is -2.11. The molecule has 0 fully saturated rings. The van der Waals surface area contributed by atoms with Crippen LogP contribution in [0.2, 0.25) is 0 Å². The van der Waals surface area contributed by atoms with Crippen molar-refractivity contribution in [3.63, 3.8) is 0 Å². The van der Waals surface area contributed by atoms with Crippen LogP contribution < -0.4 is 10.7 Å². The SMILES string of the molecule is CC(C)Cn1ccc2cc(NC(=O)Cn3ncc(=O)c4ccccc43)ccc21. The lowest BCUT2D eigenvalue weighted by molar-refractivity contribution is -0.116. The van der Waals surface area contributed by atoms with Crippen LogP contribution in [0, 0.1) is 5.92 Å². The predicted octanol–water partition coefficient (Wildman–Crippen LogP) is 3.65. The maximum absolute atomic E-state index is 12.5. The van der Waals surface area contributed by atoms with Crippen LogP contribution in [0.15, 0.2) is 65.7 Å². The van der Waals surface area contributed by atoms with Crippen molar-refractivity contribution in [3.8, 4) is 0 Å². The van der Waals surface area contributed by atoms with Crippen LogP contribution in [0.1, 0.15) is 13.8 Å². The first-order valence-corrected chi connectivity index (χ1v) is 9.35. The van der Waals surface area contributed by atoms with E-state index in [0.717, 1.165) is 23.1 Å². The van der Waals surface area contributed by atoms with Gasteiger partial charge in [-0.05, 0) is 42.3 Å². The molecular weight excluding hydrogens is 352 g/mol. The van der Waals surface area contributed by atoms with Gasteiger partial charge in [0, 0.05) is 34.7 Å². The van der Waals surface area contributed by atoms with Crippen LogP contribution in [0.3, 0.4) is 0 Å². The first kappa shape index (κ1) is 18.0. The second kappa shape index (κ2) is 7.31. The first-order valence-electron chi connectivity index (χ1n) is 9.35. The molecule has 0 atom stereocenters. The molecule has 0 spiro atoms. The molecule has 2 aromatic carbocycles. The van der Waals surface area contributed by atoms with Crippen LogP contribution in [0.4, 0.5) is 5.69 Å². The van der Waals surface area contributed by atoms with Crippen molar-refractivity contribution >= 4 is 33.4 Å². The number of carbonyl (C=O) groups excluding carboxylic acids is 1. The van der Waals surface area contributed by atoms with Crippen LogP contribution in [0.5, 0.6) is 0 Å². The number of aromatic nitrogens is 3. The fourth-order valence-corrected chi connectivity index (χ4v) is 3.45. The Morgan fingerprint density at radius 3 is 2.75 bits per heavy atom. The molecule has 0 aliphatic carbocycles. The van der Waals surface area contributed by atoms with Gasteiger partial charge in [0.05, 0.1) is 11.7 Å². The molecule has 0 saturated carbocycles. The largest absolute Gasteiger partial charge is 0.347 e. The van der Waals surface area contributed by atoms with E-state index >= 15 is 0 Å². The Labute approximate surface area is 162 Å². The Morgan fingerprint density at radius 1 is 1.11 bits per heavy atom. The van der Waals surface area contributed by atoms with E-state index in [1.165, 1.54) is 6.20 Å². The number of nitrogens with zero attached hydrogens (tertiary/aromatic N) is 3. The zero-order chi connectivity index (χ0) is 19.7. The summed E-state index contributed by atoms with van der Waals surface area (Å²) in [6, 6.07) is 15.1. The summed E-state index contributed by atoms with van der Waals surface area (Å²) in [5, 5.41) is 8.68. The highest BCUT2D eigenvalue weighted by atomic mass is 16.2. The molecule has 2 heterocycles. The summed E-state index contributed by atoms with van der Waals surface area (Å²) >= 11 is 0. The fraction of sp³-hybridized carbons (Fsp3) is 0.227. The van der Waals surface area contributed by atoms with Crippen LogP contribution in [0.25, 0.3) is 21.8 Å². The molecular formula is C22H22N4O2. The smallest absolute Gasteiger partial charge is 0.246 e. The van der Waals surface area contributed by atoms with E-state index < -0.39 is 0 Å². The van der Waals surface area contributed by atoms with Gasteiger partial charge in [0.2, 0.25) is 11.3 Å². The highest BCUT2D eigenvalue weighted by Crippen LogP contribution is 2.21. The van der Waals surface area contributed by atoms with Gasteiger partial charge in [0.15, 0.2) is 0 Å². The zero-order valence-corrected chi connectivity index (χ0v) is 15.9. The van der Waals surface area contributed by atoms with E-state index in [2.05, 4.69) is 41.1 Å². The summed E-state index contributed by atoms with van der Waals surface area (Å²) in [7, 11) is 0. The Bertz CT molecular complexity index is 1220. The van der Waals surface area contributed by atoms with Gasteiger partial charge in [0.25, 0.3) is 0 Å². The van der Waals surface area contributed by atoms with E-state index in [0.29, 0.717) is 16.8 Å². The normalized spacial score (nSPS) is 11.4. The summed E-state index contributed by atoms with van der Waals surface area (Å²) in [5.74, 6) is 0.372. The Hall–Kier alpha value is -3.41. The minimum atomic E-state index is -0.192. The summed E-state index contributed by atoms with van der Waals surface area (Å²) in [5.41, 5.74) is 2.39. The lowest BCUT2D eigenvalue weighted by atomic mass is 10.2. The number of fused-ring (bicyclic) bond motifs is 2. The Balaban J connectivity index is 1.54. The molecule has 28 heavy (non-hydrogen) atoms. The molecule has 4 aromatic rings. The van der Waals surface area contributed by atoms with Crippen LogP contribution in [-0.2, 0) is 17.9 Å². The minimum Gasteiger partial charge on any atom is -0.347 e. The van der Waals surface area contributed by atoms with E-state index in [-0.39, 0.29) is 17.9 Å². The van der Waals surface area contributed by atoms with Crippen molar-refractivity contribution < 1.29 is 4.79 Å². The Kier molecular flexibility index (Phi) is 4.69. The van der Waals surface area contributed by atoms with E-state index in [1.807, 2.05) is 24.3 Å². The summed E-state index contributed by atoms with van der Waals surface area (Å²) in [6.07, 6.45) is 3.33. The molecule has 4 rings (SSSR count). The number of carbonyl (C=O) groups is 1. The highest BCUT2D eigenvalue weighted by Gasteiger charge is 2.10. The molecule has 0 unspecified atom stereocenters. The summed E-state index contributed by atoms with van der Waals surface area (Å²) in [6.45, 7) is 5.37. The average Bonchev–Trinajstić information content (AvgIpc) is 3.06. The number of nitrogens with one attached hydrogen (secondary N) is 1.